The first-order chi connectivity index (χ1) is 8.95. The molecule has 0 atom stereocenters. The fraction of sp³-hybridized carbons (Fsp3) is 0. The summed E-state index contributed by atoms with van der Waals surface area (Å²) in [6.45, 7) is 0. The van der Waals surface area contributed by atoms with E-state index in [1.165, 1.54) is 12.1 Å². The average molecular weight is 363 g/mol. The van der Waals surface area contributed by atoms with Gasteiger partial charge < -0.3 is 5.32 Å². The number of anilines is 2. The number of benzene rings is 1. The molecule has 0 spiro atoms. The third-order valence-electron chi connectivity index (χ3n) is 2.18. The highest BCUT2D eigenvalue weighted by molar-refractivity contribution is 9.10. The molecule has 1 heterocycles. The molecule has 0 radical (unpaired) electrons. The van der Waals surface area contributed by atoms with Crippen LogP contribution in [-0.2, 0) is 0 Å². The van der Waals surface area contributed by atoms with E-state index in [1.54, 1.807) is 18.2 Å². The summed E-state index contributed by atoms with van der Waals surface area (Å²) in [6.07, 6.45) is 0. The van der Waals surface area contributed by atoms with Crippen LogP contribution < -0.4 is 5.32 Å². The van der Waals surface area contributed by atoms with Gasteiger partial charge in [0.15, 0.2) is 0 Å². The summed E-state index contributed by atoms with van der Waals surface area (Å²) in [5, 5.41) is 14.1. The first-order valence-electron chi connectivity index (χ1n) is 5.00. The van der Waals surface area contributed by atoms with Crippen LogP contribution in [0.25, 0.3) is 0 Å². The Hall–Kier alpha value is -1.37. The van der Waals surface area contributed by atoms with Crippen molar-refractivity contribution in [1.82, 2.24) is 4.98 Å². The molecule has 0 saturated heterocycles. The molecule has 1 N–H and O–H groups in total. The fourth-order valence-electron chi connectivity index (χ4n) is 1.38. The number of nitro groups is 1. The van der Waals surface area contributed by atoms with Gasteiger partial charge in [0.05, 0.1) is 27.8 Å². The quantitative estimate of drug-likeness (QED) is 0.483. The number of rotatable bonds is 3. The molecule has 1 aromatic heterocycles. The topological polar surface area (TPSA) is 68.1 Å². The minimum Gasteiger partial charge on any atom is -0.339 e. The van der Waals surface area contributed by atoms with E-state index in [1.807, 2.05) is 0 Å². The Balaban J connectivity index is 2.38. The Bertz CT molecular complexity index is 652. The van der Waals surface area contributed by atoms with Crippen molar-refractivity contribution < 1.29 is 4.92 Å². The Labute approximate surface area is 126 Å². The largest absolute Gasteiger partial charge is 0.339 e. The molecule has 8 heteroatoms. The molecule has 0 bridgehead atoms. The van der Waals surface area contributed by atoms with Crippen LogP contribution in [0.1, 0.15) is 0 Å². The second-order valence-electron chi connectivity index (χ2n) is 3.54. The van der Waals surface area contributed by atoms with E-state index >= 15 is 0 Å². The number of nitrogens with one attached hydrogen (secondary N) is 1. The summed E-state index contributed by atoms with van der Waals surface area (Å²) in [4.78, 5) is 14.2. The smallest absolute Gasteiger partial charge is 0.276 e. The number of hydrogen-bond acceptors (Lipinski definition) is 4. The lowest BCUT2D eigenvalue weighted by Crippen LogP contribution is -1.97. The van der Waals surface area contributed by atoms with Crippen molar-refractivity contribution in [2.24, 2.45) is 0 Å². The van der Waals surface area contributed by atoms with E-state index in [4.69, 9.17) is 23.2 Å². The van der Waals surface area contributed by atoms with Gasteiger partial charge >= 0.3 is 0 Å². The Morgan fingerprint density at radius 1 is 1.26 bits per heavy atom. The van der Waals surface area contributed by atoms with Crippen molar-refractivity contribution in [3.8, 4) is 0 Å². The molecule has 0 amide bonds. The van der Waals surface area contributed by atoms with Gasteiger partial charge in [-0.15, -0.1) is 0 Å². The SMILES string of the molecule is O=[N+]([O-])c1cc(Cl)nc(Nc2cc(Br)ccc2Cl)c1. The lowest BCUT2D eigenvalue weighted by molar-refractivity contribution is -0.384. The number of aromatic nitrogens is 1. The molecule has 0 unspecified atom stereocenters. The molecule has 98 valence electrons. The zero-order valence-corrected chi connectivity index (χ0v) is 12.3. The Morgan fingerprint density at radius 2 is 2.00 bits per heavy atom. The predicted molar refractivity (Wildman–Crippen MR) is 78.3 cm³/mol. The van der Waals surface area contributed by atoms with Crippen LogP contribution in [0.4, 0.5) is 17.2 Å². The van der Waals surface area contributed by atoms with Crippen molar-refractivity contribution in [3.05, 3.63) is 55.1 Å². The van der Waals surface area contributed by atoms with Crippen LogP contribution in [-0.4, -0.2) is 9.91 Å². The van der Waals surface area contributed by atoms with E-state index in [9.17, 15) is 10.1 Å². The molecular weight excluding hydrogens is 357 g/mol. The highest BCUT2D eigenvalue weighted by Gasteiger charge is 2.11. The molecule has 19 heavy (non-hydrogen) atoms. The molecule has 0 fully saturated rings. The summed E-state index contributed by atoms with van der Waals surface area (Å²) >= 11 is 15.1. The monoisotopic (exact) mass is 361 g/mol. The molecule has 5 nitrogen and oxygen atoms in total. The third-order valence-corrected chi connectivity index (χ3v) is 3.20. The zero-order chi connectivity index (χ0) is 14.0. The first-order valence-corrected chi connectivity index (χ1v) is 6.54. The van der Waals surface area contributed by atoms with Crippen LogP contribution in [0, 0.1) is 10.1 Å². The standard InChI is InChI=1S/C11H6BrCl2N3O2/c12-6-1-2-8(13)9(3-6)15-11-5-7(17(18)19)4-10(14)16-11/h1-5H,(H,15,16). The predicted octanol–water partition coefficient (Wildman–Crippen LogP) is 4.80. The summed E-state index contributed by atoms with van der Waals surface area (Å²) in [6, 6.07) is 7.66. The van der Waals surface area contributed by atoms with Gasteiger partial charge in [-0.25, -0.2) is 4.98 Å². The van der Waals surface area contributed by atoms with Crippen molar-refractivity contribution >= 4 is 56.3 Å². The van der Waals surface area contributed by atoms with Crippen molar-refractivity contribution in [3.63, 3.8) is 0 Å². The van der Waals surface area contributed by atoms with Crippen LogP contribution >= 0.6 is 39.1 Å². The molecular formula is C11H6BrCl2N3O2. The molecule has 1 aromatic carbocycles. The summed E-state index contributed by atoms with van der Waals surface area (Å²) in [5.74, 6) is 0.249. The second kappa shape index (κ2) is 5.73. The van der Waals surface area contributed by atoms with E-state index < -0.39 is 4.92 Å². The Morgan fingerprint density at radius 3 is 2.68 bits per heavy atom. The van der Waals surface area contributed by atoms with E-state index in [0.29, 0.717) is 10.7 Å². The van der Waals surface area contributed by atoms with Crippen molar-refractivity contribution in [2.75, 3.05) is 5.32 Å². The number of halogens is 3. The highest BCUT2D eigenvalue weighted by atomic mass is 79.9. The summed E-state index contributed by atoms with van der Waals surface area (Å²) in [5.41, 5.74) is 0.425. The van der Waals surface area contributed by atoms with Crippen LogP contribution in [0.2, 0.25) is 10.2 Å². The molecule has 0 aliphatic rings. The van der Waals surface area contributed by atoms with Gasteiger partial charge in [-0.05, 0) is 18.2 Å². The fourth-order valence-corrected chi connectivity index (χ4v) is 2.11. The zero-order valence-electron chi connectivity index (χ0n) is 9.23. The maximum atomic E-state index is 10.7. The second-order valence-corrected chi connectivity index (χ2v) is 5.25. The molecule has 2 rings (SSSR count). The maximum absolute atomic E-state index is 10.7. The van der Waals surface area contributed by atoms with E-state index in [2.05, 4.69) is 26.2 Å². The normalized spacial score (nSPS) is 10.3. The number of nitrogens with zero attached hydrogens (tertiary/aromatic N) is 2. The van der Waals surface area contributed by atoms with Gasteiger partial charge in [0.1, 0.15) is 11.0 Å². The average Bonchev–Trinajstić information content (AvgIpc) is 2.33. The van der Waals surface area contributed by atoms with Gasteiger partial charge in [-0.1, -0.05) is 39.1 Å². The molecule has 0 aliphatic heterocycles. The molecule has 0 saturated carbocycles. The minimum absolute atomic E-state index is 0.0304. The van der Waals surface area contributed by atoms with Crippen LogP contribution in [0.3, 0.4) is 0 Å². The van der Waals surface area contributed by atoms with E-state index in [-0.39, 0.29) is 16.7 Å². The van der Waals surface area contributed by atoms with Gasteiger partial charge in [-0.3, -0.25) is 10.1 Å². The lowest BCUT2D eigenvalue weighted by Gasteiger charge is -2.08. The van der Waals surface area contributed by atoms with Crippen LogP contribution in [0.15, 0.2) is 34.8 Å². The highest BCUT2D eigenvalue weighted by Crippen LogP contribution is 2.29. The molecule has 0 aliphatic carbocycles. The van der Waals surface area contributed by atoms with Gasteiger partial charge in [-0.2, -0.15) is 0 Å². The lowest BCUT2D eigenvalue weighted by atomic mass is 10.3. The van der Waals surface area contributed by atoms with Crippen molar-refractivity contribution in [1.29, 1.82) is 0 Å². The van der Waals surface area contributed by atoms with Crippen molar-refractivity contribution in [2.45, 2.75) is 0 Å². The van der Waals surface area contributed by atoms with Gasteiger partial charge in [0, 0.05) is 4.47 Å². The van der Waals surface area contributed by atoms with E-state index in [0.717, 1.165) is 4.47 Å². The number of pyridine rings is 1. The third kappa shape index (κ3) is 3.56. The first kappa shape index (κ1) is 14.0. The summed E-state index contributed by atoms with van der Waals surface area (Å²) < 4.78 is 0.816. The number of hydrogen-bond donors (Lipinski definition) is 1. The summed E-state index contributed by atoms with van der Waals surface area (Å²) in [7, 11) is 0. The Kier molecular flexibility index (Phi) is 4.24. The van der Waals surface area contributed by atoms with Crippen LogP contribution in [0.5, 0.6) is 0 Å². The minimum atomic E-state index is -0.540. The van der Waals surface area contributed by atoms with Gasteiger partial charge in [0.25, 0.3) is 5.69 Å². The molecule has 2 aromatic rings. The maximum Gasteiger partial charge on any atom is 0.276 e. The van der Waals surface area contributed by atoms with Gasteiger partial charge in [0.2, 0.25) is 0 Å².